The Kier molecular flexibility index (Phi) is 3.66. The highest BCUT2D eigenvalue weighted by Gasteiger charge is 1.98. The van der Waals surface area contributed by atoms with Gasteiger partial charge in [-0.15, -0.1) is 0 Å². The largest absolute Gasteiger partial charge is 0.192 e. The lowest BCUT2D eigenvalue weighted by atomic mass is 10.1. The van der Waals surface area contributed by atoms with Crippen molar-refractivity contribution in [3.8, 4) is 12.1 Å². The average Bonchev–Trinajstić information content (AvgIpc) is 2.46. The molecule has 2 aromatic rings. The van der Waals surface area contributed by atoms with Gasteiger partial charge in [0.05, 0.1) is 34.6 Å². The number of hydrogen-bond donors (Lipinski definition) is 0. The van der Waals surface area contributed by atoms with Crippen molar-refractivity contribution in [1.82, 2.24) is 0 Å². The van der Waals surface area contributed by atoms with E-state index in [1.165, 1.54) is 0 Å². The molecule has 0 unspecified atom stereocenters. The number of rotatable bonds is 2. The lowest BCUT2D eigenvalue weighted by Gasteiger charge is -1.98. The molecule has 0 aliphatic carbocycles. The fourth-order valence-corrected chi connectivity index (χ4v) is 1.55. The second-order valence-electron chi connectivity index (χ2n) is 3.97. The normalized spacial score (nSPS) is 10.1. The molecule has 0 radical (unpaired) electrons. The van der Waals surface area contributed by atoms with E-state index in [2.05, 4.69) is 16.3 Å². The van der Waals surface area contributed by atoms with Crippen molar-refractivity contribution in [1.29, 1.82) is 10.5 Å². The lowest BCUT2D eigenvalue weighted by molar-refractivity contribution is 1.22. The minimum absolute atomic E-state index is 0.591. The zero-order valence-corrected chi connectivity index (χ0v) is 10.3. The second kappa shape index (κ2) is 5.57. The van der Waals surface area contributed by atoms with Crippen LogP contribution in [-0.4, -0.2) is 0 Å². The van der Waals surface area contributed by atoms with Crippen molar-refractivity contribution in [3.63, 3.8) is 0 Å². The van der Waals surface area contributed by atoms with Gasteiger partial charge in [-0.25, -0.2) is 0 Å². The summed E-state index contributed by atoms with van der Waals surface area (Å²) in [6, 6.07) is 16.3. The first-order chi connectivity index (χ1) is 9.22. The van der Waals surface area contributed by atoms with Gasteiger partial charge >= 0.3 is 0 Å². The maximum Gasteiger partial charge on any atom is 0.0994 e. The molecule has 2 rings (SSSR count). The molecular formula is C15H10N4. The fourth-order valence-electron chi connectivity index (χ4n) is 1.55. The number of azo groups is 1. The quantitative estimate of drug-likeness (QED) is 0.746. The molecule has 0 aliphatic heterocycles. The van der Waals surface area contributed by atoms with Crippen molar-refractivity contribution in [2.24, 2.45) is 10.2 Å². The van der Waals surface area contributed by atoms with E-state index in [9.17, 15) is 0 Å². The third-order valence-corrected chi connectivity index (χ3v) is 2.61. The van der Waals surface area contributed by atoms with Crippen molar-refractivity contribution < 1.29 is 0 Å². The summed E-state index contributed by atoms with van der Waals surface area (Å²) in [5.74, 6) is 0. The van der Waals surface area contributed by atoms with Gasteiger partial charge in [-0.3, -0.25) is 0 Å². The third kappa shape index (κ3) is 3.02. The van der Waals surface area contributed by atoms with Gasteiger partial charge in [0.1, 0.15) is 0 Å². The summed E-state index contributed by atoms with van der Waals surface area (Å²) in [7, 11) is 0. The zero-order valence-electron chi connectivity index (χ0n) is 10.3. The van der Waals surface area contributed by atoms with Gasteiger partial charge in [0.2, 0.25) is 0 Å². The Morgan fingerprint density at radius 1 is 0.842 bits per heavy atom. The Bertz CT molecular complexity index is 700. The summed E-state index contributed by atoms with van der Waals surface area (Å²) in [4.78, 5) is 0. The smallest absolute Gasteiger partial charge is 0.0994 e. The van der Waals surface area contributed by atoms with E-state index < -0.39 is 0 Å². The molecule has 19 heavy (non-hydrogen) atoms. The van der Waals surface area contributed by atoms with Crippen LogP contribution in [0.5, 0.6) is 0 Å². The first kappa shape index (κ1) is 12.5. The van der Waals surface area contributed by atoms with Crippen LogP contribution in [0.2, 0.25) is 0 Å². The summed E-state index contributed by atoms with van der Waals surface area (Å²) in [6.07, 6.45) is 0. The van der Waals surface area contributed by atoms with Gasteiger partial charge in [0.25, 0.3) is 0 Å². The predicted molar refractivity (Wildman–Crippen MR) is 71.2 cm³/mol. The molecule has 0 bridgehead atoms. The van der Waals surface area contributed by atoms with E-state index in [1.54, 1.807) is 36.4 Å². The van der Waals surface area contributed by atoms with Crippen LogP contribution >= 0.6 is 0 Å². The molecule has 4 nitrogen and oxygen atoms in total. The van der Waals surface area contributed by atoms with Gasteiger partial charge in [-0.2, -0.15) is 20.8 Å². The summed E-state index contributed by atoms with van der Waals surface area (Å²) in [5.41, 5.74) is 3.48. The molecule has 0 spiro atoms. The molecule has 90 valence electrons. The van der Waals surface area contributed by atoms with E-state index in [-0.39, 0.29) is 0 Å². The monoisotopic (exact) mass is 246 g/mol. The number of benzene rings is 2. The Balaban J connectivity index is 2.21. The molecule has 4 heteroatoms. The number of nitriles is 2. The minimum Gasteiger partial charge on any atom is -0.192 e. The Morgan fingerprint density at radius 3 is 2.05 bits per heavy atom. The van der Waals surface area contributed by atoms with Crippen LogP contribution in [0, 0.1) is 29.6 Å². The Morgan fingerprint density at radius 2 is 1.47 bits per heavy atom. The highest BCUT2D eigenvalue weighted by Crippen LogP contribution is 2.21. The second-order valence-corrected chi connectivity index (χ2v) is 3.97. The standard InChI is InChI=1S/C15H10N4/c1-11-8-15(7-4-13(11)10-17)19-18-14-5-2-12(9-16)3-6-14/h2-8H,1H3. The van der Waals surface area contributed by atoms with Crippen molar-refractivity contribution in [2.45, 2.75) is 6.92 Å². The molecule has 0 saturated carbocycles. The minimum atomic E-state index is 0.591. The predicted octanol–water partition coefficient (Wildman–Crippen LogP) is 4.15. The topological polar surface area (TPSA) is 72.3 Å². The molecule has 0 fully saturated rings. The maximum absolute atomic E-state index is 8.84. The van der Waals surface area contributed by atoms with Gasteiger partial charge in [0.15, 0.2) is 0 Å². The fraction of sp³-hybridized carbons (Fsp3) is 0.0667. The Labute approximate surface area is 111 Å². The maximum atomic E-state index is 8.84. The molecule has 0 aromatic heterocycles. The van der Waals surface area contributed by atoms with E-state index in [4.69, 9.17) is 10.5 Å². The van der Waals surface area contributed by atoms with Crippen molar-refractivity contribution >= 4 is 11.4 Å². The molecule has 0 N–H and O–H groups in total. The molecule has 0 heterocycles. The van der Waals surface area contributed by atoms with Crippen LogP contribution in [0.25, 0.3) is 0 Å². The molecule has 0 saturated heterocycles. The van der Waals surface area contributed by atoms with E-state index >= 15 is 0 Å². The van der Waals surface area contributed by atoms with Crippen LogP contribution in [-0.2, 0) is 0 Å². The number of aryl methyl sites for hydroxylation is 1. The highest BCUT2D eigenvalue weighted by atomic mass is 15.1. The Hall–Kier alpha value is -2.98. The summed E-state index contributed by atoms with van der Waals surface area (Å²) < 4.78 is 0. The summed E-state index contributed by atoms with van der Waals surface area (Å²) >= 11 is 0. The van der Waals surface area contributed by atoms with Crippen LogP contribution in [0.1, 0.15) is 16.7 Å². The van der Waals surface area contributed by atoms with Gasteiger partial charge < -0.3 is 0 Å². The van der Waals surface area contributed by atoms with E-state index in [0.717, 1.165) is 5.56 Å². The van der Waals surface area contributed by atoms with Crippen molar-refractivity contribution in [2.75, 3.05) is 0 Å². The average molecular weight is 246 g/mol. The molecule has 0 atom stereocenters. The van der Waals surface area contributed by atoms with Crippen LogP contribution < -0.4 is 0 Å². The first-order valence-electron chi connectivity index (χ1n) is 5.65. The zero-order chi connectivity index (χ0) is 13.7. The van der Waals surface area contributed by atoms with Crippen LogP contribution in [0.4, 0.5) is 11.4 Å². The first-order valence-corrected chi connectivity index (χ1v) is 5.65. The molecular weight excluding hydrogens is 236 g/mol. The SMILES string of the molecule is Cc1cc(N=Nc2ccc(C#N)cc2)ccc1C#N. The van der Waals surface area contributed by atoms with Crippen LogP contribution in [0.3, 0.4) is 0 Å². The van der Waals surface area contributed by atoms with Crippen molar-refractivity contribution in [3.05, 3.63) is 59.2 Å². The number of hydrogen-bond acceptors (Lipinski definition) is 4. The summed E-state index contributed by atoms with van der Waals surface area (Å²) in [6.45, 7) is 1.86. The van der Waals surface area contributed by atoms with Crippen LogP contribution in [0.15, 0.2) is 52.7 Å². The van der Waals surface area contributed by atoms with E-state index in [0.29, 0.717) is 22.5 Å². The molecule has 0 amide bonds. The third-order valence-electron chi connectivity index (χ3n) is 2.61. The highest BCUT2D eigenvalue weighted by molar-refractivity contribution is 5.48. The number of nitrogens with zero attached hydrogens (tertiary/aromatic N) is 4. The lowest BCUT2D eigenvalue weighted by Crippen LogP contribution is -1.79. The molecule has 0 aliphatic rings. The summed E-state index contributed by atoms with van der Waals surface area (Å²) in [5, 5.41) is 25.7. The van der Waals surface area contributed by atoms with E-state index in [1.807, 2.05) is 19.1 Å². The van der Waals surface area contributed by atoms with Gasteiger partial charge in [-0.1, -0.05) is 0 Å². The van der Waals surface area contributed by atoms with Gasteiger partial charge in [-0.05, 0) is 55.0 Å². The molecule has 2 aromatic carbocycles. The van der Waals surface area contributed by atoms with Gasteiger partial charge in [0, 0.05) is 0 Å².